The molecule has 3 amide bonds. The number of carbonyl (C=O) groups is 3. The van der Waals surface area contributed by atoms with Crippen LogP contribution in [0.3, 0.4) is 0 Å². The number of carbonyl (C=O) groups excluding carboxylic acids is 3. The van der Waals surface area contributed by atoms with Crippen LogP contribution in [0.2, 0.25) is 0 Å². The highest BCUT2D eigenvalue weighted by molar-refractivity contribution is 5.90. The lowest BCUT2D eigenvalue weighted by Crippen LogP contribution is -2.59. The van der Waals surface area contributed by atoms with Gasteiger partial charge in [-0.15, -0.1) is 0 Å². The maximum atomic E-state index is 12.3. The molecule has 1 atom stereocenters. The van der Waals surface area contributed by atoms with Crippen LogP contribution < -0.4 is 0 Å². The summed E-state index contributed by atoms with van der Waals surface area (Å²) in [7, 11) is 0. The molecule has 1 rings (SSSR count). The van der Waals surface area contributed by atoms with Gasteiger partial charge in [0, 0.05) is 6.61 Å². The topological polar surface area (TPSA) is 70.2 Å². The smallest absolute Gasteiger partial charge is 0.248 e. The standard InChI is InChI=1S/C15H23N3O4/c1-5-13(19)16-9-17(14(20)6-2)11-18(10-16)15(21)8-12(4)22-7-3/h5-6,12H,1-2,7-11H2,3-4H3. The average molecular weight is 309 g/mol. The largest absolute Gasteiger partial charge is 0.378 e. The van der Waals surface area contributed by atoms with Crippen molar-refractivity contribution in [3.8, 4) is 0 Å². The number of nitrogens with zero attached hydrogens (tertiary/aromatic N) is 3. The number of hydrogen-bond donors (Lipinski definition) is 0. The fourth-order valence-corrected chi connectivity index (χ4v) is 2.17. The molecule has 0 aromatic rings. The third-order valence-corrected chi connectivity index (χ3v) is 3.26. The molecule has 1 aliphatic rings. The van der Waals surface area contributed by atoms with Crippen LogP contribution in [-0.4, -0.2) is 65.1 Å². The molecule has 22 heavy (non-hydrogen) atoms. The van der Waals surface area contributed by atoms with Crippen molar-refractivity contribution >= 4 is 17.7 Å². The Hall–Kier alpha value is -2.15. The third-order valence-electron chi connectivity index (χ3n) is 3.26. The summed E-state index contributed by atoms with van der Waals surface area (Å²) in [5, 5.41) is 0. The molecule has 1 aliphatic heterocycles. The van der Waals surface area contributed by atoms with Crippen LogP contribution in [0.4, 0.5) is 0 Å². The van der Waals surface area contributed by atoms with Gasteiger partial charge in [0.2, 0.25) is 17.7 Å². The zero-order valence-corrected chi connectivity index (χ0v) is 13.2. The zero-order chi connectivity index (χ0) is 16.7. The molecule has 1 saturated heterocycles. The van der Waals surface area contributed by atoms with Crippen molar-refractivity contribution in [2.75, 3.05) is 26.6 Å². The van der Waals surface area contributed by atoms with Crippen molar-refractivity contribution in [1.82, 2.24) is 14.7 Å². The lowest BCUT2D eigenvalue weighted by atomic mass is 10.2. The molecule has 0 aliphatic carbocycles. The highest BCUT2D eigenvalue weighted by Gasteiger charge is 2.30. The Balaban J connectivity index is 2.81. The lowest BCUT2D eigenvalue weighted by molar-refractivity contribution is -0.155. The SMILES string of the molecule is C=CC(=O)N1CN(C(=O)C=C)CN(C(=O)CC(C)OCC)C1. The van der Waals surface area contributed by atoms with Crippen molar-refractivity contribution < 1.29 is 19.1 Å². The Labute approximate surface area is 130 Å². The van der Waals surface area contributed by atoms with Crippen molar-refractivity contribution in [1.29, 1.82) is 0 Å². The Morgan fingerprint density at radius 3 is 1.91 bits per heavy atom. The number of amides is 3. The maximum absolute atomic E-state index is 12.3. The van der Waals surface area contributed by atoms with E-state index in [2.05, 4.69) is 13.2 Å². The molecule has 122 valence electrons. The third kappa shape index (κ3) is 4.70. The summed E-state index contributed by atoms with van der Waals surface area (Å²) in [5.41, 5.74) is 0. The summed E-state index contributed by atoms with van der Waals surface area (Å²) in [6, 6.07) is 0. The Bertz CT molecular complexity index is 436. The van der Waals surface area contributed by atoms with Crippen molar-refractivity contribution in [2.24, 2.45) is 0 Å². The molecule has 0 aromatic heterocycles. The summed E-state index contributed by atoms with van der Waals surface area (Å²) in [4.78, 5) is 40.1. The van der Waals surface area contributed by atoms with E-state index in [0.29, 0.717) is 6.61 Å². The fraction of sp³-hybridized carbons (Fsp3) is 0.533. The molecule has 7 nitrogen and oxygen atoms in total. The highest BCUT2D eigenvalue weighted by Crippen LogP contribution is 2.12. The first-order valence-corrected chi connectivity index (χ1v) is 7.15. The van der Waals surface area contributed by atoms with Gasteiger partial charge in [-0.3, -0.25) is 14.4 Å². The van der Waals surface area contributed by atoms with Gasteiger partial charge in [-0.25, -0.2) is 0 Å². The summed E-state index contributed by atoms with van der Waals surface area (Å²) >= 11 is 0. The van der Waals surface area contributed by atoms with Gasteiger partial charge in [0.25, 0.3) is 0 Å². The second-order valence-corrected chi connectivity index (χ2v) is 4.99. The van der Waals surface area contributed by atoms with Crippen LogP contribution in [0, 0.1) is 0 Å². The van der Waals surface area contributed by atoms with Crippen molar-refractivity contribution in [3.05, 3.63) is 25.3 Å². The predicted octanol–water partition coefficient (Wildman–Crippen LogP) is 0.545. The Morgan fingerprint density at radius 1 is 1.05 bits per heavy atom. The molecule has 1 fully saturated rings. The van der Waals surface area contributed by atoms with Gasteiger partial charge in [-0.2, -0.15) is 0 Å². The first kappa shape index (κ1) is 17.9. The van der Waals surface area contributed by atoms with Crippen LogP contribution in [0.5, 0.6) is 0 Å². The number of hydrogen-bond acceptors (Lipinski definition) is 4. The first-order chi connectivity index (χ1) is 10.4. The van der Waals surface area contributed by atoms with Crippen molar-refractivity contribution in [3.63, 3.8) is 0 Å². The monoisotopic (exact) mass is 309 g/mol. The van der Waals surface area contributed by atoms with E-state index in [4.69, 9.17) is 4.74 Å². The van der Waals surface area contributed by atoms with Crippen LogP contribution in [0.15, 0.2) is 25.3 Å². The molecule has 0 spiro atoms. The van der Waals surface area contributed by atoms with Crippen LogP contribution in [0.25, 0.3) is 0 Å². The normalized spacial score (nSPS) is 16.2. The molecule has 0 radical (unpaired) electrons. The van der Waals surface area contributed by atoms with E-state index in [1.54, 1.807) is 0 Å². The van der Waals surface area contributed by atoms with E-state index in [9.17, 15) is 14.4 Å². The van der Waals surface area contributed by atoms with Gasteiger partial charge in [-0.05, 0) is 26.0 Å². The summed E-state index contributed by atoms with van der Waals surface area (Å²) < 4.78 is 5.35. The average Bonchev–Trinajstić information content (AvgIpc) is 2.52. The molecule has 0 aromatic carbocycles. The van der Waals surface area contributed by atoms with Crippen LogP contribution in [-0.2, 0) is 19.1 Å². The van der Waals surface area contributed by atoms with E-state index in [1.807, 2.05) is 13.8 Å². The van der Waals surface area contributed by atoms with E-state index in [0.717, 1.165) is 12.2 Å². The number of rotatable bonds is 6. The molecule has 1 unspecified atom stereocenters. The van der Waals surface area contributed by atoms with E-state index in [1.165, 1.54) is 14.7 Å². The van der Waals surface area contributed by atoms with E-state index in [-0.39, 0.29) is 50.3 Å². The van der Waals surface area contributed by atoms with Crippen LogP contribution >= 0.6 is 0 Å². The molecular formula is C15H23N3O4. The fourth-order valence-electron chi connectivity index (χ4n) is 2.17. The lowest BCUT2D eigenvalue weighted by Gasteiger charge is -2.41. The Kier molecular flexibility index (Phi) is 6.78. The second-order valence-electron chi connectivity index (χ2n) is 4.99. The van der Waals surface area contributed by atoms with Crippen LogP contribution in [0.1, 0.15) is 20.3 Å². The van der Waals surface area contributed by atoms with Crippen molar-refractivity contribution in [2.45, 2.75) is 26.4 Å². The van der Waals surface area contributed by atoms with E-state index >= 15 is 0 Å². The van der Waals surface area contributed by atoms with Gasteiger partial charge >= 0.3 is 0 Å². The summed E-state index contributed by atoms with van der Waals surface area (Å²) in [6.45, 7) is 11.4. The van der Waals surface area contributed by atoms with Gasteiger partial charge in [0.1, 0.15) is 0 Å². The molecule has 7 heteroatoms. The first-order valence-electron chi connectivity index (χ1n) is 7.15. The van der Waals surface area contributed by atoms with Gasteiger partial charge < -0.3 is 19.4 Å². The maximum Gasteiger partial charge on any atom is 0.248 e. The highest BCUT2D eigenvalue weighted by atomic mass is 16.5. The summed E-state index contributed by atoms with van der Waals surface area (Å²) in [6.07, 6.45) is 2.30. The van der Waals surface area contributed by atoms with E-state index < -0.39 is 0 Å². The quantitative estimate of drug-likeness (QED) is 0.672. The molecule has 1 heterocycles. The second kappa shape index (κ2) is 8.33. The minimum Gasteiger partial charge on any atom is -0.378 e. The zero-order valence-electron chi connectivity index (χ0n) is 13.2. The minimum absolute atomic E-state index is 0.112. The molecular weight excluding hydrogens is 286 g/mol. The van der Waals surface area contributed by atoms with Gasteiger partial charge in [-0.1, -0.05) is 13.2 Å². The van der Waals surface area contributed by atoms with Gasteiger partial charge in [0.05, 0.1) is 32.5 Å². The number of ether oxygens (including phenoxy) is 1. The molecule has 0 saturated carbocycles. The summed E-state index contributed by atoms with van der Waals surface area (Å²) in [5.74, 6) is -0.848. The molecule has 0 N–H and O–H groups in total. The molecule has 0 bridgehead atoms. The minimum atomic E-state index is -0.336. The predicted molar refractivity (Wildman–Crippen MR) is 81.2 cm³/mol. The van der Waals surface area contributed by atoms with Gasteiger partial charge in [0.15, 0.2) is 0 Å². The Morgan fingerprint density at radius 2 is 1.50 bits per heavy atom.